The van der Waals surface area contributed by atoms with E-state index in [1.165, 1.54) is 16.7 Å². The van der Waals surface area contributed by atoms with Crippen LogP contribution in [0.3, 0.4) is 0 Å². The Morgan fingerprint density at radius 2 is 1.94 bits per heavy atom. The van der Waals surface area contributed by atoms with Crippen LogP contribution in [-0.2, 0) is 27.3 Å². The molecule has 0 spiro atoms. The maximum atomic E-state index is 12.7. The monoisotopic (exact) mass is 422 g/mol. The van der Waals surface area contributed by atoms with Gasteiger partial charge in [-0.05, 0) is 54.5 Å². The fraction of sp³-hybridized carbons (Fsp3) is 0.480. The van der Waals surface area contributed by atoms with Gasteiger partial charge in [0.1, 0.15) is 12.4 Å². The predicted molar refractivity (Wildman–Crippen MR) is 118 cm³/mol. The lowest BCUT2D eigenvalue weighted by Gasteiger charge is -2.33. The Bertz CT molecular complexity index is 979. The number of carbonyl (C=O) groups excluding carboxylic acids is 1. The molecular formula is C25H30N2O4. The largest absolute Gasteiger partial charge is 0.488 e. The van der Waals surface area contributed by atoms with E-state index in [0.717, 1.165) is 36.5 Å². The molecule has 2 fully saturated rings. The van der Waals surface area contributed by atoms with Crippen LogP contribution in [0, 0.1) is 0 Å². The molecule has 3 heterocycles. The van der Waals surface area contributed by atoms with E-state index in [9.17, 15) is 4.79 Å². The van der Waals surface area contributed by atoms with Crippen LogP contribution in [0.15, 0.2) is 36.4 Å². The average molecular weight is 423 g/mol. The molecule has 3 aliphatic heterocycles. The summed E-state index contributed by atoms with van der Waals surface area (Å²) in [5.74, 6) is 1.33. The number of hydrogen-bond donors (Lipinski definition) is 2. The molecule has 6 nitrogen and oxygen atoms in total. The van der Waals surface area contributed by atoms with E-state index in [-0.39, 0.29) is 11.9 Å². The van der Waals surface area contributed by atoms with Gasteiger partial charge in [0.15, 0.2) is 0 Å². The Morgan fingerprint density at radius 3 is 2.68 bits per heavy atom. The minimum atomic E-state index is -0.821. The van der Waals surface area contributed by atoms with Crippen LogP contribution in [-0.4, -0.2) is 43.9 Å². The summed E-state index contributed by atoms with van der Waals surface area (Å²) in [6.07, 6.45) is 1.85. The molecule has 164 valence electrons. The van der Waals surface area contributed by atoms with Gasteiger partial charge in [-0.15, -0.1) is 0 Å². The molecule has 0 bridgehead atoms. The van der Waals surface area contributed by atoms with Gasteiger partial charge in [-0.3, -0.25) is 4.79 Å². The first-order chi connectivity index (χ1) is 15.0. The van der Waals surface area contributed by atoms with Crippen molar-refractivity contribution in [3.05, 3.63) is 53.1 Å². The van der Waals surface area contributed by atoms with Gasteiger partial charge >= 0.3 is 0 Å². The summed E-state index contributed by atoms with van der Waals surface area (Å²) in [6, 6.07) is 13.0. The second-order valence-electron chi connectivity index (χ2n) is 9.12. The molecule has 6 heteroatoms. The number of fused-ring (bicyclic) bond motifs is 3. The van der Waals surface area contributed by atoms with E-state index in [4.69, 9.17) is 19.9 Å². The van der Waals surface area contributed by atoms with E-state index < -0.39 is 5.54 Å². The normalized spacial score (nSPS) is 20.6. The molecule has 1 amide bonds. The number of hydrogen-bond acceptors (Lipinski definition) is 5. The minimum Gasteiger partial charge on any atom is -0.488 e. The highest BCUT2D eigenvalue weighted by atomic mass is 16.5. The van der Waals surface area contributed by atoms with Crippen molar-refractivity contribution in [3.8, 4) is 16.9 Å². The molecule has 0 unspecified atom stereocenters. The molecule has 5 rings (SSSR count). The van der Waals surface area contributed by atoms with Crippen LogP contribution in [0.2, 0.25) is 0 Å². The molecule has 0 radical (unpaired) electrons. The van der Waals surface area contributed by atoms with Gasteiger partial charge in [0.2, 0.25) is 5.91 Å². The Morgan fingerprint density at radius 1 is 1.13 bits per heavy atom. The number of nitrogens with one attached hydrogen (secondary N) is 1. The summed E-state index contributed by atoms with van der Waals surface area (Å²) in [4.78, 5) is 12.7. The van der Waals surface area contributed by atoms with Gasteiger partial charge in [-0.1, -0.05) is 30.3 Å². The van der Waals surface area contributed by atoms with Gasteiger partial charge in [-0.2, -0.15) is 0 Å². The Balaban J connectivity index is 1.29. The van der Waals surface area contributed by atoms with Crippen LogP contribution >= 0.6 is 0 Å². The zero-order valence-electron chi connectivity index (χ0n) is 18.0. The molecular weight excluding hydrogens is 392 g/mol. The van der Waals surface area contributed by atoms with E-state index in [2.05, 4.69) is 41.7 Å². The number of benzene rings is 2. The second kappa shape index (κ2) is 8.26. The highest BCUT2D eigenvalue weighted by molar-refractivity contribution is 5.86. The predicted octanol–water partition coefficient (Wildman–Crippen LogP) is 2.91. The van der Waals surface area contributed by atoms with E-state index in [1.54, 1.807) is 0 Å². The summed E-state index contributed by atoms with van der Waals surface area (Å²) in [5.41, 5.74) is 11.6. The number of amides is 1. The molecule has 2 aromatic carbocycles. The first kappa shape index (κ1) is 20.5. The zero-order chi connectivity index (χ0) is 21.4. The third-order valence-electron chi connectivity index (χ3n) is 6.72. The highest BCUT2D eigenvalue weighted by Gasteiger charge is 2.36. The Hall–Kier alpha value is -2.41. The van der Waals surface area contributed by atoms with E-state index >= 15 is 0 Å². The topological polar surface area (TPSA) is 82.8 Å². The second-order valence-corrected chi connectivity index (χ2v) is 9.12. The average Bonchev–Trinajstić information content (AvgIpc) is 2.72. The van der Waals surface area contributed by atoms with Gasteiger partial charge in [0.05, 0.1) is 18.8 Å². The molecule has 31 heavy (non-hydrogen) atoms. The van der Waals surface area contributed by atoms with Crippen molar-refractivity contribution in [2.24, 2.45) is 5.73 Å². The standard InChI is InChI=1S/C25H30N2O4/c1-16(27-24(28)25(26)6-8-29-9-7-25)10-17-2-5-21-22-12-18(20-13-30-14-20)3-4-19(22)15-31-23(21)11-17/h2-5,11-12,16,20H,6-10,13-15,26H2,1H3,(H,27,28)/t16-/m0/s1. The summed E-state index contributed by atoms with van der Waals surface area (Å²) in [7, 11) is 0. The van der Waals surface area contributed by atoms with Crippen molar-refractivity contribution in [1.29, 1.82) is 0 Å². The highest BCUT2D eigenvalue weighted by Crippen LogP contribution is 2.40. The number of nitrogens with two attached hydrogens (primary N) is 1. The maximum absolute atomic E-state index is 12.7. The quantitative estimate of drug-likeness (QED) is 0.774. The third-order valence-corrected chi connectivity index (χ3v) is 6.72. The molecule has 3 N–H and O–H groups in total. The summed E-state index contributed by atoms with van der Waals surface area (Å²) >= 11 is 0. The van der Waals surface area contributed by atoms with Crippen molar-refractivity contribution in [2.45, 2.75) is 50.3 Å². The third kappa shape index (κ3) is 4.07. The Kier molecular flexibility index (Phi) is 5.46. The first-order valence-electron chi connectivity index (χ1n) is 11.2. The van der Waals surface area contributed by atoms with Gasteiger partial charge in [0, 0.05) is 30.7 Å². The molecule has 0 aliphatic carbocycles. The number of rotatable bonds is 5. The molecule has 0 aromatic heterocycles. The van der Waals surface area contributed by atoms with E-state index in [1.807, 2.05) is 6.92 Å². The van der Waals surface area contributed by atoms with Crippen LogP contribution in [0.1, 0.15) is 42.4 Å². The van der Waals surface area contributed by atoms with Crippen molar-refractivity contribution in [3.63, 3.8) is 0 Å². The first-order valence-corrected chi connectivity index (χ1v) is 11.2. The fourth-order valence-electron chi connectivity index (χ4n) is 4.58. The zero-order valence-corrected chi connectivity index (χ0v) is 18.0. The lowest BCUT2D eigenvalue weighted by molar-refractivity contribution is -0.130. The lowest BCUT2D eigenvalue weighted by Crippen LogP contribution is -2.58. The molecule has 3 aliphatic rings. The maximum Gasteiger partial charge on any atom is 0.240 e. The van der Waals surface area contributed by atoms with Gasteiger partial charge < -0.3 is 25.3 Å². The summed E-state index contributed by atoms with van der Waals surface area (Å²) in [6.45, 7) is 5.29. The van der Waals surface area contributed by atoms with Gasteiger partial charge in [0.25, 0.3) is 0 Å². The molecule has 1 atom stereocenters. The summed E-state index contributed by atoms with van der Waals surface area (Å²) < 4.78 is 16.8. The van der Waals surface area contributed by atoms with E-state index in [0.29, 0.717) is 38.6 Å². The molecule has 2 aromatic rings. The lowest BCUT2D eigenvalue weighted by atomic mass is 9.89. The molecule has 0 saturated carbocycles. The van der Waals surface area contributed by atoms with Crippen LogP contribution in [0.4, 0.5) is 0 Å². The van der Waals surface area contributed by atoms with Crippen molar-refractivity contribution >= 4 is 5.91 Å². The number of carbonyl (C=O) groups is 1. The van der Waals surface area contributed by atoms with Crippen molar-refractivity contribution < 1.29 is 19.0 Å². The van der Waals surface area contributed by atoms with Crippen LogP contribution in [0.25, 0.3) is 11.1 Å². The SMILES string of the molecule is C[C@@H](Cc1ccc2c(c1)OCc1ccc(C3COC3)cc1-2)NC(=O)C1(N)CCOCC1. The van der Waals surface area contributed by atoms with Crippen molar-refractivity contribution in [1.82, 2.24) is 5.32 Å². The van der Waals surface area contributed by atoms with Gasteiger partial charge in [-0.25, -0.2) is 0 Å². The summed E-state index contributed by atoms with van der Waals surface area (Å²) in [5, 5.41) is 3.09. The Labute approximate surface area is 183 Å². The van der Waals surface area contributed by atoms with Crippen LogP contribution < -0.4 is 15.8 Å². The fourth-order valence-corrected chi connectivity index (χ4v) is 4.58. The number of ether oxygens (including phenoxy) is 3. The minimum absolute atomic E-state index is 0.0186. The molecule has 2 saturated heterocycles. The smallest absolute Gasteiger partial charge is 0.240 e. The van der Waals surface area contributed by atoms with Crippen molar-refractivity contribution in [2.75, 3.05) is 26.4 Å². The van der Waals surface area contributed by atoms with Crippen LogP contribution in [0.5, 0.6) is 5.75 Å².